The van der Waals surface area contributed by atoms with Crippen molar-refractivity contribution in [3.63, 3.8) is 0 Å². The Morgan fingerprint density at radius 2 is 2.44 bits per heavy atom. The molecule has 0 aliphatic carbocycles. The van der Waals surface area contributed by atoms with Crippen LogP contribution in [0.15, 0.2) is 0 Å². The minimum absolute atomic E-state index is 0.158. The first-order valence-electron chi connectivity index (χ1n) is 2.93. The smallest absolute Gasteiger partial charge is 0.215 e. The van der Waals surface area contributed by atoms with Gasteiger partial charge in [-0.3, -0.25) is 4.79 Å². The molecule has 0 bridgehead atoms. The number of carbonyl (C=O) groups is 2. The Balaban J connectivity index is 3.55. The molecule has 0 spiro atoms. The molecule has 4 heteroatoms. The molecule has 0 aromatic carbocycles. The Hall–Kier alpha value is -0.795. The quantitative estimate of drug-likeness (QED) is 0.402. The molecular weight excluding hydrogens is 117 g/mol. The standard InChI is InChI=1S/C5H10BNO2/c1-2-4(3-8)7-5(6)9/h3-4H,2,6H2,1H3,(H,7,9)/t4-/m0/s1. The number of nitrogens with one attached hydrogen (secondary N) is 1. The largest absolute Gasteiger partial charge is 0.356 e. The van der Waals surface area contributed by atoms with Crippen molar-refractivity contribution >= 4 is 19.9 Å². The minimum atomic E-state index is -0.303. The van der Waals surface area contributed by atoms with Gasteiger partial charge in [0.05, 0.1) is 6.04 Å². The third-order valence-electron chi connectivity index (χ3n) is 0.993. The van der Waals surface area contributed by atoms with Crippen LogP contribution in [0.4, 0.5) is 4.79 Å². The summed E-state index contributed by atoms with van der Waals surface area (Å²) in [6.07, 6.45) is 1.39. The highest BCUT2D eigenvalue weighted by molar-refractivity contribution is 6.57. The molecule has 0 fully saturated rings. The third-order valence-corrected chi connectivity index (χ3v) is 0.993. The highest BCUT2D eigenvalue weighted by Gasteiger charge is 2.02. The van der Waals surface area contributed by atoms with E-state index in [1.807, 2.05) is 6.92 Å². The van der Waals surface area contributed by atoms with E-state index in [0.29, 0.717) is 6.42 Å². The maximum atomic E-state index is 10.3. The fraction of sp³-hybridized carbons (Fsp3) is 0.600. The molecule has 0 aromatic heterocycles. The molecule has 0 aromatic rings. The van der Waals surface area contributed by atoms with E-state index in [9.17, 15) is 9.59 Å². The van der Waals surface area contributed by atoms with Crippen molar-refractivity contribution in [2.45, 2.75) is 19.4 Å². The molecule has 1 amide bonds. The van der Waals surface area contributed by atoms with Crippen LogP contribution in [0.25, 0.3) is 0 Å². The van der Waals surface area contributed by atoms with Crippen molar-refractivity contribution in [2.75, 3.05) is 0 Å². The Bertz CT molecular complexity index is 116. The Labute approximate surface area is 55.2 Å². The molecule has 0 aliphatic rings. The number of hydrogen-bond donors (Lipinski definition) is 1. The molecule has 0 aliphatic heterocycles. The predicted molar refractivity (Wildman–Crippen MR) is 37.2 cm³/mol. The van der Waals surface area contributed by atoms with Crippen molar-refractivity contribution < 1.29 is 9.59 Å². The van der Waals surface area contributed by atoms with Crippen molar-refractivity contribution in [2.24, 2.45) is 0 Å². The van der Waals surface area contributed by atoms with Gasteiger partial charge in [-0.15, -0.1) is 0 Å². The molecule has 0 heterocycles. The first-order valence-corrected chi connectivity index (χ1v) is 2.93. The first kappa shape index (κ1) is 8.20. The summed E-state index contributed by atoms with van der Waals surface area (Å²) in [6.45, 7) is 1.84. The molecule has 9 heavy (non-hydrogen) atoms. The second kappa shape index (κ2) is 4.12. The molecule has 0 radical (unpaired) electrons. The molecule has 0 unspecified atom stereocenters. The molecule has 1 atom stereocenters. The van der Waals surface area contributed by atoms with E-state index < -0.39 is 0 Å². The fourth-order valence-electron chi connectivity index (χ4n) is 0.493. The molecule has 1 N–H and O–H groups in total. The number of carbonyl (C=O) groups excluding carboxylic acids is 2. The summed E-state index contributed by atoms with van der Waals surface area (Å²) < 4.78 is 0. The van der Waals surface area contributed by atoms with Crippen molar-refractivity contribution in [1.29, 1.82) is 0 Å². The lowest BCUT2D eigenvalue weighted by Crippen LogP contribution is -2.34. The topological polar surface area (TPSA) is 46.2 Å². The zero-order valence-corrected chi connectivity index (χ0v) is 5.68. The summed E-state index contributed by atoms with van der Waals surface area (Å²) in [4.78, 5) is 20.4. The van der Waals surface area contributed by atoms with E-state index in [1.165, 1.54) is 7.85 Å². The lowest BCUT2D eigenvalue weighted by Gasteiger charge is -2.06. The van der Waals surface area contributed by atoms with Crippen LogP contribution in [0.5, 0.6) is 0 Å². The Morgan fingerprint density at radius 1 is 1.89 bits per heavy atom. The highest BCUT2D eigenvalue weighted by Crippen LogP contribution is 1.83. The second-order valence-corrected chi connectivity index (χ2v) is 1.85. The van der Waals surface area contributed by atoms with Gasteiger partial charge in [-0.05, 0) is 6.42 Å². The Morgan fingerprint density at radius 3 is 2.56 bits per heavy atom. The van der Waals surface area contributed by atoms with Gasteiger partial charge in [0.1, 0.15) is 6.29 Å². The third kappa shape index (κ3) is 3.76. The maximum absolute atomic E-state index is 10.3. The normalized spacial score (nSPS) is 12.1. The van der Waals surface area contributed by atoms with E-state index in [0.717, 1.165) is 6.29 Å². The van der Waals surface area contributed by atoms with Gasteiger partial charge < -0.3 is 10.1 Å². The van der Waals surface area contributed by atoms with Crippen LogP contribution < -0.4 is 5.32 Å². The van der Waals surface area contributed by atoms with Crippen LogP contribution in [0.2, 0.25) is 0 Å². The minimum Gasteiger partial charge on any atom is -0.356 e. The average molecular weight is 127 g/mol. The zero-order valence-electron chi connectivity index (χ0n) is 5.68. The molecule has 0 saturated carbocycles. The van der Waals surface area contributed by atoms with E-state index in [4.69, 9.17) is 0 Å². The number of aldehydes is 1. The molecule has 0 rings (SSSR count). The number of amides is 1. The maximum Gasteiger partial charge on any atom is 0.215 e. The van der Waals surface area contributed by atoms with Crippen LogP contribution in [-0.4, -0.2) is 26.0 Å². The molecular formula is C5H10BNO2. The lowest BCUT2D eigenvalue weighted by atomic mass is 10.1. The first-order chi connectivity index (χ1) is 4.20. The van der Waals surface area contributed by atoms with Crippen molar-refractivity contribution in [1.82, 2.24) is 5.32 Å². The predicted octanol–water partition coefficient (Wildman–Crippen LogP) is -0.693. The summed E-state index contributed by atoms with van der Waals surface area (Å²) >= 11 is 0. The average Bonchev–Trinajstić information content (AvgIpc) is 1.82. The van der Waals surface area contributed by atoms with Gasteiger partial charge in [0.2, 0.25) is 7.85 Å². The highest BCUT2D eigenvalue weighted by atomic mass is 16.1. The zero-order chi connectivity index (χ0) is 7.28. The molecule has 0 saturated heterocycles. The SMILES string of the molecule is BC(=O)N[C@H](C=O)CC. The van der Waals surface area contributed by atoms with Gasteiger partial charge in [-0.1, -0.05) is 6.92 Å². The fourth-order valence-corrected chi connectivity index (χ4v) is 0.493. The number of hydrogen-bond acceptors (Lipinski definition) is 2. The second-order valence-electron chi connectivity index (χ2n) is 1.85. The van der Waals surface area contributed by atoms with Gasteiger partial charge in [0.25, 0.3) is 0 Å². The summed E-state index contributed by atoms with van der Waals surface area (Å²) in [7, 11) is 1.40. The molecule has 50 valence electrons. The van der Waals surface area contributed by atoms with Crippen LogP contribution in [0.1, 0.15) is 13.3 Å². The molecule has 3 nitrogen and oxygen atoms in total. The van der Waals surface area contributed by atoms with Gasteiger partial charge in [0, 0.05) is 0 Å². The van der Waals surface area contributed by atoms with E-state index >= 15 is 0 Å². The van der Waals surface area contributed by atoms with Crippen molar-refractivity contribution in [3.8, 4) is 0 Å². The summed E-state index contributed by atoms with van der Waals surface area (Å²) in [5.41, 5.74) is 0. The van der Waals surface area contributed by atoms with E-state index in [1.54, 1.807) is 0 Å². The van der Waals surface area contributed by atoms with Crippen LogP contribution in [0.3, 0.4) is 0 Å². The van der Waals surface area contributed by atoms with Crippen LogP contribution in [0, 0.1) is 0 Å². The number of rotatable bonds is 3. The Kier molecular flexibility index (Phi) is 3.76. The monoisotopic (exact) mass is 127 g/mol. The summed E-state index contributed by atoms with van der Waals surface area (Å²) in [6, 6.07) is -0.303. The summed E-state index contributed by atoms with van der Waals surface area (Å²) in [5, 5.41) is 2.47. The van der Waals surface area contributed by atoms with Crippen LogP contribution in [-0.2, 0) is 4.79 Å². The van der Waals surface area contributed by atoms with Crippen molar-refractivity contribution in [3.05, 3.63) is 0 Å². The van der Waals surface area contributed by atoms with Gasteiger partial charge in [0.15, 0.2) is 5.81 Å². The van der Waals surface area contributed by atoms with Gasteiger partial charge in [-0.25, -0.2) is 0 Å². The van der Waals surface area contributed by atoms with Crippen LogP contribution >= 0.6 is 0 Å². The lowest BCUT2D eigenvalue weighted by molar-refractivity contribution is -0.109. The van der Waals surface area contributed by atoms with Gasteiger partial charge in [-0.2, -0.15) is 0 Å². The van der Waals surface area contributed by atoms with Gasteiger partial charge >= 0.3 is 0 Å². The van der Waals surface area contributed by atoms with E-state index in [-0.39, 0.29) is 11.8 Å². The van der Waals surface area contributed by atoms with E-state index in [2.05, 4.69) is 5.32 Å². The summed E-state index contributed by atoms with van der Waals surface area (Å²) in [5.74, 6) is -0.158.